The van der Waals surface area contributed by atoms with Crippen LogP contribution in [0.15, 0.2) is 12.1 Å². The first-order valence-electron chi connectivity index (χ1n) is 5.01. The Morgan fingerprint density at radius 1 is 1.67 bits per heavy atom. The molecule has 0 aliphatic carbocycles. The van der Waals surface area contributed by atoms with Crippen LogP contribution in [-0.4, -0.2) is 18.5 Å². The van der Waals surface area contributed by atoms with E-state index < -0.39 is 0 Å². The minimum Gasteiger partial charge on any atom is -0.350 e. The molecule has 0 spiro atoms. The summed E-state index contributed by atoms with van der Waals surface area (Å²) in [6.45, 7) is 1.53. The maximum atomic E-state index is 11.6. The van der Waals surface area contributed by atoms with Crippen molar-refractivity contribution in [2.75, 3.05) is 6.54 Å². The second-order valence-electron chi connectivity index (χ2n) is 3.57. The smallest absolute Gasteiger partial charge is 0.237 e. The van der Waals surface area contributed by atoms with Gasteiger partial charge in [0.1, 0.15) is 0 Å². The van der Waals surface area contributed by atoms with Crippen molar-refractivity contribution >= 4 is 28.8 Å². The highest BCUT2D eigenvalue weighted by atomic mass is 35.5. The highest BCUT2D eigenvalue weighted by Crippen LogP contribution is 2.21. The van der Waals surface area contributed by atoms with E-state index in [1.165, 1.54) is 11.3 Å². The molecule has 1 saturated heterocycles. The second-order valence-corrected chi connectivity index (χ2v) is 5.37. The van der Waals surface area contributed by atoms with Gasteiger partial charge in [0, 0.05) is 4.88 Å². The van der Waals surface area contributed by atoms with E-state index in [-0.39, 0.29) is 11.9 Å². The van der Waals surface area contributed by atoms with Crippen LogP contribution in [0.4, 0.5) is 0 Å². The normalized spacial score (nSPS) is 20.5. The highest BCUT2D eigenvalue weighted by molar-refractivity contribution is 7.16. The third-order valence-corrected chi connectivity index (χ3v) is 3.67. The third kappa shape index (κ3) is 2.93. The van der Waals surface area contributed by atoms with Gasteiger partial charge in [0.05, 0.1) is 16.9 Å². The molecule has 1 aromatic heterocycles. The number of rotatable bonds is 3. The predicted octanol–water partition coefficient (Wildman–Crippen LogP) is 1.77. The van der Waals surface area contributed by atoms with Gasteiger partial charge in [0.2, 0.25) is 5.91 Å². The van der Waals surface area contributed by atoms with Crippen molar-refractivity contribution in [1.29, 1.82) is 0 Å². The molecular weight excluding hydrogens is 232 g/mol. The number of thiophene rings is 1. The molecule has 1 amide bonds. The molecule has 1 aromatic rings. The van der Waals surface area contributed by atoms with Crippen LogP contribution in [0.1, 0.15) is 17.7 Å². The van der Waals surface area contributed by atoms with Crippen LogP contribution in [0, 0.1) is 0 Å². The summed E-state index contributed by atoms with van der Waals surface area (Å²) in [5.41, 5.74) is 0. The van der Waals surface area contributed by atoms with Gasteiger partial charge >= 0.3 is 0 Å². The average Bonchev–Trinajstić information content (AvgIpc) is 2.84. The molecule has 3 nitrogen and oxygen atoms in total. The molecule has 0 radical (unpaired) electrons. The Hall–Kier alpha value is -0.580. The lowest BCUT2D eigenvalue weighted by atomic mass is 10.2. The predicted molar refractivity (Wildman–Crippen MR) is 62.2 cm³/mol. The molecule has 0 aromatic carbocycles. The summed E-state index contributed by atoms with van der Waals surface area (Å²) in [7, 11) is 0. The van der Waals surface area contributed by atoms with E-state index >= 15 is 0 Å². The van der Waals surface area contributed by atoms with E-state index in [0.717, 1.165) is 28.6 Å². The van der Waals surface area contributed by atoms with Gasteiger partial charge < -0.3 is 10.6 Å². The molecule has 15 heavy (non-hydrogen) atoms. The Morgan fingerprint density at radius 2 is 2.53 bits per heavy atom. The van der Waals surface area contributed by atoms with E-state index in [9.17, 15) is 4.79 Å². The van der Waals surface area contributed by atoms with Crippen molar-refractivity contribution in [3.8, 4) is 0 Å². The lowest BCUT2D eigenvalue weighted by molar-refractivity contribution is -0.122. The van der Waals surface area contributed by atoms with E-state index in [2.05, 4.69) is 10.6 Å². The first-order valence-corrected chi connectivity index (χ1v) is 6.20. The van der Waals surface area contributed by atoms with Crippen LogP contribution in [-0.2, 0) is 11.3 Å². The molecule has 1 aliphatic rings. The molecule has 82 valence electrons. The fraction of sp³-hybridized carbons (Fsp3) is 0.500. The Bertz CT molecular complexity index is 347. The first kappa shape index (κ1) is 10.9. The van der Waals surface area contributed by atoms with E-state index in [1.54, 1.807) is 0 Å². The molecule has 2 rings (SSSR count). The standard InChI is InChI=1S/C10H13ClN2OS/c11-9-4-3-7(15-9)6-13-10(14)8-2-1-5-12-8/h3-4,8,12H,1-2,5-6H2,(H,13,14)/t8-/m1/s1. The summed E-state index contributed by atoms with van der Waals surface area (Å²) < 4.78 is 0.762. The van der Waals surface area contributed by atoms with Crippen LogP contribution >= 0.6 is 22.9 Å². The van der Waals surface area contributed by atoms with Crippen molar-refractivity contribution in [3.05, 3.63) is 21.3 Å². The van der Waals surface area contributed by atoms with Crippen LogP contribution in [0.5, 0.6) is 0 Å². The second kappa shape index (κ2) is 4.96. The van der Waals surface area contributed by atoms with Crippen molar-refractivity contribution in [3.63, 3.8) is 0 Å². The number of carbonyl (C=O) groups is 1. The van der Waals surface area contributed by atoms with Gasteiger partial charge in [-0.25, -0.2) is 0 Å². The summed E-state index contributed by atoms with van der Waals surface area (Å²) in [5, 5.41) is 6.07. The van der Waals surface area contributed by atoms with Gasteiger partial charge in [-0.15, -0.1) is 11.3 Å². The SMILES string of the molecule is O=C(NCc1ccc(Cl)s1)[C@H]1CCCN1. The lowest BCUT2D eigenvalue weighted by Gasteiger charge is -2.09. The summed E-state index contributed by atoms with van der Waals surface area (Å²) in [4.78, 5) is 12.7. The van der Waals surface area contributed by atoms with Gasteiger partial charge in [-0.05, 0) is 31.5 Å². The largest absolute Gasteiger partial charge is 0.350 e. The van der Waals surface area contributed by atoms with Gasteiger partial charge in [0.25, 0.3) is 0 Å². The number of hydrogen-bond acceptors (Lipinski definition) is 3. The summed E-state index contributed by atoms with van der Waals surface area (Å²) >= 11 is 7.30. The lowest BCUT2D eigenvalue weighted by Crippen LogP contribution is -2.39. The van der Waals surface area contributed by atoms with Crippen LogP contribution in [0.25, 0.3) is 0 Å². The maximum Gasteiger partial charge on any atom is 0.237 e. The Kier molecular flexibility index (Phi) is 3.61. The summed E-state index contributed by atoms with van der Waals surface area (Å²) in [6.07, 6.45) is 2.03. The minimum atomic E-state index is 0.000402. The zero-order chi connectivity index (χ0) is 10.7. The number of amides is 1. The van der Waals surface area contributed by atoms with Crippen molar-refractivity contribution in [2.45, 2.75) is 25.4 Å². The topological polar surface area (TPSA) is 41.1 Å². The quantitative estimate of drug-likeness (QED) is 0.851. The van der Waals surface area contributed by atoms with Gasteiger partial charge in [-0.1, -0.05) is 11.6 Å². The third-order valence-electron chi connectivity index (χ3n) is 2.44. The van der Waals surface area contributed by atoms with Crippen LogP contribution in [0.3, 0.4) is 0 Å². The number of halogens is 1. The van der Waals surface area contributed by atoms with Gasteiger partial charge in [-0.3, -0.25) is 4.79 Å². The van der Waals surface area contributed by atoms with Crippen molar-refractivity contribution in [2.24, 2.45) is 0 Å². The molecule has 0 bridgehead atoms. The highest BCUT2D eigenvalue weighted by Gasteiger charge is 2.21. The average molecular weight is 245 g/mol. The Balaban J connectivity index is 1.80. The summed E-state index contributed by atoms with van der Waals surface area (Å²) in [5.74, 6) is 0.0945. The number of nitrogens with one attached hydrogen (secondary N) is 2. The Morgan fingerprint density at radius 3 is 3.13 bits per heavy atom. The first-order chi connectivity index (χ1) is 7.25. The monoisotopic (exact) mass is 244 g/mol. The minimum absolute atomic E-state index is 0.000402. The van der Waals surface area contributed by atoms with Gasteiger partial charge in [-0.2, -0.15) is 0 Å². The molecule has 2 N–H and O–H groups in total. The molecule has 1 aliphatic heterocycles. The Labute approximate surface area is 97.8 Å². The zero-order valence-electron chi connectivity index (χ0n) is 8.25. The molecule has 1 atom stereocenters. The van der Waals surface area contributed by atoms with Crippen molar-refractivity contribution in [1.82, 2.24) is 10.6 Å². The maximum absolute atomic E-state index is 11.6. The van der Waals surface area contributed by atoms with Crippen molar-refractivity contribution < 1.29 is 4.79 Å². The van der Waals surface area contributed by atoms with E-state index in [1.807, 2.05) is 12.1 Å². The van der Waals surface area contributed by atoms with E-state index in [4.69, 9.17) is 11.6 Å². The van der Waals surface area contributed by atoms with Gasteiger partial charge in [0.15, 0.2) is 0 Å². The summed E-state index contributed by atoms with van der Waals surface area (Å²) in [6, 6.07) is 3.79. The molecule has 5 heteroatoms. The number of carbonyl (C=O) groups excluding carboxylic acids is 1. The zero-order valence-corrected chi connectivity index (χ0v) is 9.83. The molecule has 2 heterocycles. The van der Waals surface area contributed by atoms with Crippen LogP contribution < -0.4 is 10.6 Å². The fourth-order valence-corrected chi connectivity index (χ4v) is 2.68. The molecule has 0 unspecified atom stereocenters. The molecule has 1 fully saturated rings. The number of hydrogen-bond donors (Lipinski definition) is 2. The fourth-order valence-electron chi connectivity index (χ4n) is 1.65. The molecular formula is C10H13ClN2OS. The van der Waals surface area contributed by atoms with Crippen LogP contribution in [0.2, 0.25) is 4.34 Å². The molecule has 0 saturated carbocycles. The van der Waals surface area contributed by atoms with E-state index in [0.29, 0.717) is 6.54 Å².